The van der Waals surface area contributed by atoms with E-state index in [1.54, 1.807) is 25.3 Å². The number of benzene rings is 1. The van der Waals surface area contributed by atoms with Gasteiger partial charge in [-0.25, -0.2) is 17.8 Å². The molecule has 11 heteroatoms. The molecule has 156 valence electrons. The maximum atomic E-state index is 13.5. The molecule has 0 radical (unpaired) electrons. The summed E-state index contributed by atoms with van der Waals surface area (Å²) in [6.45, 7) is 4.38. The quantitative estimate of drug-likeness (QED) is 0.272. The Hall–Kier alpha value is -1.47. The van der Waals surface area contributed by atoms with Gasteiger partial charge in [0.05, 0.1) is 22.1 Å². The predicted octanol–water partition coefficient (Wildman–Crippen LogP) is 2.67. The number of anilines is 1. The zero-order valence-electron chi connectivity index (χ0n) is 16.0. The summed E-state index contributed by atoms with van der Waals surface area (Å²) in [5.74, 6) is -0.110. The molecule has 0 aliphatic carbocycles. The molecule has 0 amide bonds. The van der Waals surface area contributed by atoms with Gasteiger partial charge < -0.3 is 10.6 Å². The van der Waals surface area contributed by atoms with Crippen molar-refractivity contribution in [3.05, 3.63) is 45.7 Å². The Labute approximate surface area is 186 Å². The van der Waals surface area contributed by atoms with Crippen LogP contribution in [0.3, 0.4) is 0 Å². The van der Waals surface area contributed by atoms with Gasteiger partial charge in [-0.3, -0.25) is 9.71 Å². The van der Waals surface area contributed by atoms with E-state index < -0.39 is 15.8 Å². The maximum Gasteiger partial charge on any atom is 0.234 e. The van der Waals surface area contributed by atoms with Gasteiger partial charge in [0.1, 0.15) is 5.82 Å². The molecule has 0 spiro atoms. The van der Waals surface area contributed by atoms with Crippen molar-refractivity contribution >= 4 is 57.0 Å². The Morgan fingerprint density at radius 1 is 1.25 bits per heavy atom. The average Bonchev–Trinajstić information content (AvgIpc) is 3.01. The van der Waals surface area contributed by atoms with Gasteiger partial charge in [0.15, 0.2) is 5.96 Å². The van der Waals surface area contributed by atoms with Crippen LogP contribution >= 0.6 is 35.3 Å². The third-order valence-corrected chi connectivity index (χ3v) is 5.78. The molecule has 0 aliphatic rings. The summed E-state index contributed by atoms with van der Waals surface area (Å²) in [6, 6.07) is 4.23. The van der Waals surface area contributed by atoms with Crippen molar-refractivity contribution in [2.75, 3.05) is 30.6 Å². The van der Waals surface area contributed by atoms with Crippen LogP contribution in [0.4, 0.5) is 10.1 Å². The number of sulfonamides is 1. The lowest BCUT2D eigenvalue weighted by Gasteiger charge is -2.12. The van der Waals surface area contributed by atoms with Gasteiger partial charge in [0.25, 0.3) is 0 Å². The largest absolute Gasteiger partial charge is 0.356 e. The molecule has 7 nitrogen and oxygen atoms in total. The Kier molecular flexibility index (Phi) is 10.1. The zero-order valence-corrected chi connectivity index (χ0v) is 19.9. The standard InChI is InChI=1S/C17H24FN5O2S2.HI/c1-12-4-5-14(10-16(12)18)23-27(24,25)9-8-21-17(19-3)20-7-6-15-11-26-13(2)22-15;/h4-5,10-11,23H,6-9H2,1-3H3,(H2,19,20,21);1H. The molecule has 2 aromatic rings. The fraction of sp³-hybridized carbons (Fsp3) is 0.412. The molecule has 2 rings (SSSR count). The van der Waals surface area contributed by atoms with Crippen molar-refractivity contribution in [1.82, 2.24) is 15.6 Å². The molecule has 0 aliphatic heterocycles. The topological polar surface area (TPSA) is 95.5 Å². The minimum atomic E-state index is -3.60. The third-order valence-electron chi connectivity index (χ3n) is 3.67. The first-order valence-electron chi connectivity index (χ1n) is 8.41. The Morgan fingerprint density at radius 3 is 2.57 bits per heavy atom. The second-order valence-electron chi connectivity index (χ2n) is 5.92. The molecule has 0 atom stereocenters. The number of aromatic nitrogens is 1. The average molecular weight is 541 g/mol. The summed E-state index contributed by atoms with van der Waals surface area (Å²) in [6.07, 6.45) is 0.754. The highest BCUT2D eigenvalue weighted by Gasteiger charge is 2.12. The highest BCUT2D eigenvalue weighted by Crippen LogP contribution is 2.14. The zero-order chi connectivity index (χ0) is 19.9. The van der Waals surface area contributed by atoms with E-state index in [2.05, 4.69) is 25.3 Å². The number of thiazole rings is 1. The van der Waals surface area contributed by atoms with E-state index in [9.17, 15) is 12.8 Å². The molecule has 28 heavy (non-hydrogen) atoms. The summed E-state index contributed by atoms with van der Waals surface area (Å²) < 4.78 is 40.1. The smallest absolute Gasteiger partial charge is 0.234 e. The second kappa shape index (κ2) is 11.5. The van der Waals surface area contributed by atoms with E-state index in [4.69, 9.17) is 0 Å². The molecular weight excluding hydrogens is 516 g/mol. The highest BCUT2D eigenvalue weighted by atomic mass is 127. The summed E-state index contributed by atoms with van der Waals surface area (Å²) in [7, 11) is -1.98. The van der Waals surface area contributed by atoms with E-state index in [0.717, 1.165) is 17.1 Å². The molecule has 0 unspecified atom stereocenters. The Bertz CT molecular complexity index is 903. The fourth-order valence-corrected chi connectivity index (χ4v) is 3.85. The molecular formula is C17H25FIN5O2S2. The SMILES string of the molecule is CN=C(NCCc1csc(C)n1)NCCS(=O)(=O)Nc1ccc(C)c(F)c1.I. The van der Waals surface area contributed by atoms with Gasteiger partial charge in [-0.05, 0) is 31.5 Å². The Balaban J connectivity index is 0.00000392. The molecule has 0 bridgehead atoms. The molecule has 3 N–H and O–H groups in total. The number of halogens is 2. The van der Waals surface area contributed by atoms with Gasteiger partial charge in [0.2, 0.25) is 10.0 Å². The van der Waals surface area contributed by atoms with E-state index in [0.29, 0.717) is 18.1 Å². The summed E-state index contributed by atoms with van der Waals surface area (Å²) in [4.78, 5) is 8.44. The van der Waals surface area contributed by atoms with Crippen molar-refractivity contribution in [2.45, 2.75) is 20.3 Å². The first kappa shape index (κ1) is 24.6. The number of hydrogen-bond acceptors (Lipinski definition) is 5. The van der Waals surface area contributed by atoms with Crippen molar-refractivity contribution in [3.63, 3.8) is 0 Å². The van der Waals surface area contributed by atoms with Gasteiger partial charge in [0, 0.05) is 31.9 Å². The van der Waals surface area contributed by atoms with Crippen molar-refractivity contribution in [3.8, 4) is 0 Å². The second-order valence-corrected chi connectivity index (χ2v) is 8.82. The first-order valence-corrected chi connectivity index (χ1v) is 10.9. The normalized spacial score (nSPS) is 11.6. The van der Waals surface area contributed by atoms with Crippen molar-refractivity contribution < 1.29 is 12.8 Å². The monoisotopic (exact) mass is 541 g/mol. The predicted molar refractivity (Wildman–Crippen MR) is 124 cm³/mol. The maximum absolute atomic E-state index is 13.5. The van der Waals surface area contributed by atoms with E-state index in [1.807, 2.05) is 12.3 Å². The van der Waals surface area contributed by atoms with Crippen LogP contribution in [0.2, 0.25) is 0 Å². The summed E-state index contributed by atoms with van der Waals surface area (Å²) in [5.41, 5.74) is 1.68. The summed E-state index contributed by atoms with van der Waals surface area (Å²) in [5, 5.41) is 9.11. The van der Waals surface area contributed by atoms with Crippen LogP contribution in [-0.4, -0.2) is 45.3 Å². The molecule has 1 aromatic heterocycles. The van der Waals surface area contributed by atoms with Crippen LogP contribution in [0.15, 0.2) is 28.6 Å². The van der Waals surface area contributed by atoms with Gasteiger partial charge in [-0.1, -0.05) is 6.07 Å². The summed E-state index contributed by atoms with van der Waals surface area (Å²) >= 11 is 1.61. The number of guanidine groups is 1. The van der Waals surface area contributed by atoms with E-state index in [-0.39, 0.29) is 42.0 Å². The number of nitrogens with one attached hydrogen (secondary N) is 3. The number of aryl methyl sites for hydroxylation is 2. The molecule has 0 saturated carbocycles. The minimum Gasteiger partial charge on any atom is -0.356 e. The van der Waals surface area contributed by atoms with E-state index >= 15 is 0 Å². The number of aliphatic imine (C=N–C) groups is 1. The van der Waals surface area contributed by atoms with Gasteiger partial charge >= 0.3 is 0 Å². The van der Waals surface area contributed by atoms with Gasteiger partial charge in [-0.2, -0.15) is 0 Å². The van der Waals surface area contributed by atoms with Crippen LogP contribution in [0.1, 0.15) is 16.3 Å². The lowest BCUT2D eigenvalue weighted by molar-refractivity contribution is 0.599. The van der Waals surface area contributed by atoms with Crippen molar-refractivity contribution in [1.29, 1.82) is 0 Å². The van der Waals surface area contributed by atoms with E-state index in [1.165, 1.54) is 18.2 Å². The lowest BCUT2D eigenvalue weighted by Crippen LogP contribution is -2.40. The number of nitrogens with zero attached hydrogens (tertiary/aromatic N) is 2. The molecule has 1 aromatic carbocycles. The van der Waals surface area contributed by atoms with Crippen LogP contribution in [0.25, 0.3) is 0 Å². The van der Waals surface area contributed by atoms with Crippen LogP contribution in [-0.2, 0) is 16.4 Å². The van der Waals surface area contributed by atoms with Crippen LogP contribution in [0, 0.1) is 19.7 Å². The third kappa shape index (κ3) is 8.27. The lowest BCUT2D eigenvalue weighted by atomic mass is 10.2. The molecule has 0 saturated heterocycles. The van der Waals surface area contributed by atoms with Gasteiger partial charge in [-0.15, -0.1) is 35.3 Å². The number of hydrogen-bond donors (Lipinski definition) is 3. The first-order chi connectivity index (χ1) is 12.8. The Morgan fingerprint density at radius 2 is 1.96 bits per heavy atom. The van der Waals surface area contributed by atoms with Crippen LogP contribution < -0.4 is 15.4 Å². The fourth-order valence-electron chi connectivity index (χ4n) is 2.24. The molecule has 1 heterocycles. The van der Waals surface area contributed by atoms with Crippen molar-refractivity contribution in [2.24, 2.45) is 4.99 Å². The van der Waals surface area contributed by atoms with Crippen LogP contribution in [0.5, 0.6) is 0 Å². The number of rotatable bonds is 8. The minimum absolute atomic E-state index is 0. The highest BCUT2D eigenvalue weighted by molar-refractivity contribution is 14.0. The molecule has 0 fully saturated rings.